The van der Waals surface area contributed by atoms with E-state index in [9.17, 15) is 4.79 Å². The molecule has 1 amide bonds. The molecule has 0 aliphatic carbocycles. The van der Waals surface area contributed by atoms with Crippen LogP contribution in [0.15, 0.2) is 41.8 Å². The van der Waals surface area contributed by atoms with Gasteiger partial charge in [-0.05, 0) is 74.4 Å². The second kappa shape index (κ2) is 9.26. The minimum absolute atomic E-state index is 0.0326. The first-order valence-corrected chi connectivity index (χ1v) is 11.3. The lowest BCUT2D eigenvalue weighted by molar-refractivity contribution is -0.116. The summed E-state index contributed by atoms with van der Waals surface area (Å²) in [7, 11) is 0. The van der Waals surface area contributed by atoms with E-state index in [1.54, 1.807) is 11.3 Å². The Kier molecular flexibility index (Phi) is 6.28. The monoisotopic (exact) mass is 421 g/mol. The molecule has 0 bridgehead atoms. The van der Waals surface area contributed by atoms with Crippen molar-refractivity contribution in [3.8, 4) is 0 Å². The average Bonchev–Trinajstić information content (AvgIpc) is 3.39. The largest absolute Gasteiger partial charge is 0.341 e. The highest BCUT2D eigenvalue weighted by atomic mass is 32.1. The predicted octanol–water partition coefficient (Wildman–Crippen LogP) is 5.07. The van der Waals surface area contributed by atoms with E-state index >= 15 is 0 Å². The molecule has 1 saturated heterocycles. The number of aryl methyl sites for hydroxylation is 3. The number of aromatic nitrogens is 2. The van der Waals surface area contributed by atoms with Gasteiger partial charge in [0.05, 0.1) is 0 Å². The maximum absolute atomic E-state index is 12.3. The molecule has 2 N–H and O–H groups in total. The molecule has 4 rings (SSSR count). The Labute approximate surface area is 181 Å². The molecule has 156 valence electrons. The Morgan fingerprint density at radius 3 is 2.50 bits per heavy atom. The smallest absolute Gasteiger partial charge is 0.227 e. The van der Waals surface area contributed by atoms with E-state index in [1.807, 2.05) is 37.3 Å². The average molecular weight is 422 g/mol. The summed E-state index contributed by atoms with van der Waals surface area (Å²) in [5.74, 6) is 1.61. The van der Waals surface area contributed by atoms with Crippen LogP contribution in [0, 0.1) is 13.8 Å². The second-order valence-electron chi connectivity index (χ2n) is 7.67. The standard InChI is InChI=1S/C23H27N5OS/c1-16-11-14-30-20(16)9-10-22(29)26-19-7-5-18(6-8-19)25-21-15-17(2)24-23(27-21)28-12-3-4-13-28/h5-8,11,14-15H,3-4,9-10,12-13H2,1-2H3,(H,26,29)(H,24,25,27). The quantitative estimate of drug-likeness (QED) is 0.557. The third kappa shape index (κ3) is 5.16. The summed E-state index contributed by atoms with van der Waals surface area (Å²) in [4.78, 5) is 25.0. The van der Waals surface area contributed by atoms with Gasteiger partial charge in [-0.2, -0.15) is 4.98 Å². The minimum atomic E-state index is 0.0326. The maximum Gasteiger partial charge on any atom is 0.227 e. The van der Waals surface area contributed by atoms with Gasteiger partial charge in [0.2, 0.25) is 11.9 Å². The number of amides is 1. The number of nitrogens with one attached hydrogen (secondary N) is 2. The minimum Gasteiger partial charge on any atom is -0.341 e. The first kappa shape index (κ1) is 20.3. The van der Waals surface area contributed by atoms with Crippen molar-refractivity contribution in [2.45, 2.75) is 39.5 Å². The van der Waals surface area contributed by atoms with Gasteiger partial charge in [-0.3, -0.25) is 4.79 Å². The Balaban J connectivity index is 1.34. The summed E-state index contributed by atoms with van der Waals surface area (Å²) < 4.78 is 0. The van der Waals surface area contributed by atoms with Crippen molar-refractivity contribution < 1.29 is 4.79 Å². The van der Waals surface area contributed by atoms with E-state index in [1.165, 1.54) is 23.3 Å². The zero-order chi connectivity index (χ0) is 20.9. The van der Waals surface area contributed by atoms with Gasteiger partial charge in [-0.1, -0.05) is 0 Å². The van der Waals surface area contributed by atoms with Crippen molar-refractivity contribution in [2.75, 3.05) is 28.6 Å². The van der Waals surface area contributed by atoms with Gasteiger partial charge in [-0.15, -0.1) is 11.3 Å². The van der Waals surface area contributed by atoms with Crippen LogP contribution >= 0.6 is 11.3 Å². The molecule has 1 aliphatic rings. The van der Waals surface area contributed by atoms with Gasteiger partial charge in [0.25, 0.3) is 0 Å². The highest BCUT2D eigenvalue weighted by Gasteiger charge is 2.16. The molecule has 1 fully saturated rings. The zero-order valence-corrected chi connectivity index (χ0v) is 18.3. The van der Waals surface area contributed by atoms with E-state index in [4.69, 9.17) is 0 Å². The highest BCUT2D eigenvalue weighted by Crippen LogP contribution is 2.23. The normalized spacial score (nSPS) is 13.5. The Morgan fingerprint density at radius 2 is 1.80 bits per heavy atom. The molecule has 3 heterocycles. The molecule has 0 spiro atoms. The highest BCUT2D eigenvalue weighted by molar-refractivity contribution is 7.10. The van der Waals surface area contributed by atoms with Gasteiger partial charge < -0.3 is 15.5 Å². The van der Waals surface area contributed by atoms with E-state index in [-0.39, 0.29) is 5.91 Å². The zero-order valence-electron chi connectivity index (χ0n) is 17.4. The van der Waals surface area contributed by atoms with Crippen molar-refractivity contribution in [2.24, 2.45) is 0 Å². The lowest BCUT2D eigenvalue weighted by Gasteiger charge is -2.17. The first-order valence-electron chi connectivity index (χ1n) is 10.4. The molecule has 1 aliphatic heterocycles. The predicted molar refractivity (Wildman–Crippen MR) is 124 cm³/mol. The fourth-order valence-corrected chi connectivity index (χ4v) is 4.48. The molecular weight excluding hydrogens is 394 g/mol. The Hall–Kier alpha value is -2.93. The van der Waals surface area contributed by atoms with E-state index in [0.717, 1.165) is 48.3 Å². The van der Waals surface area contributed by atoms with Gasteiger partial charge in [0.1, 0.15) is 5.82 Å². The molecule has 7 heteroatoms. The van der Waals surface area contributed by atoms with Crippen LogP contribution in [0.25, 0.3) is 0 Å². The third-order valence-corrected chi connectivity index (χ3v) is 6.30. The lowest BCUT2D eigenvalue weighted by Crippen LogP contribution is -2.21. The topological polar surface area (TPSA) is 70.2 Å². The summed E-state index contributed by atoms with van der Waals surface area (Å²) in [5.41, 5.74) is 3.92. The van der Waals surface area contributed by atoms with Crippen LogP contribution in [-0.2, 0) is 11.2 Å². The van der Waals surface area contributed by atoms with Crippen molar-refractivity contribution >= 4 is 40.4 Å². The Morgan fingerprint density at radius 1 is 1.07 bits per heavy atom. The van der Waals surface area contributed by atoms with Crippen LogP contribution in [0.5, 0.6) is 0 Å². The summed E-state index contributed by atoms with van der Waals surface area (Å²) in [6.45, 7) is 6.11. The van der Waals surface area contributed by atoms with Gasteiger partial charge in [0, 0.05) is 47.5 Å². The van der Waals surface area contributed by atoms with E-state index < -0.39 is 0 Å². The number of nitrogens with zero attached hydrogens (tertiary/aromatic N) is 3. The summed E-state index contributed by atoms with van der Waals surface area (Å²) in [5, 5.41) is 8.40. The number of benzene rings is 1. The van der Waals surface area contributed by atoms with Crippen molar-refractivity contribution in [1.82, 2.24) is 9.97 Å². The first-order chi connectivity index (χ1) is 14.6. The maximum atomic E-state index is 12.3. The van der Waals surface area contributed by atoms with Gasteiger partial charge >= 0.3 is 0 Å². The van der Waals surface area contributed by atoms with E-state index in [0.29, 0.717) is 6.42 Å². The molecule has 30 heavy (non-hydrogen) atoms. The van der Waals surface area contributed by atoms with Crippen molar-refractivity contribution in [3.05, 3.63) is 57.9 Å². The van der Waals surface area contributed by atoms with Gasteiger partial charge in [0.15, 0.2) is 0 Å². The molecule has 0 radical (unpaired) electrons. The molecule has 6 nitrogen and oxygen atoms in total. The van der Waals surface area contributed by atoms with E-state index in [2.05, 4.69) is 43.9 Å². The van der Waals surface area contributed by atoms with Crippen LogP contribution in [0.2, 0.25) is 0 Å². The number of carbonyl (C=O) groups excluding carboxylic acids is 1. The van der Waals surface area contributed by atoms with Gasteiger partial charge in [-0.25, -0.2) is 4.98 Å². The second-order valence-corrected chi connectivity index (χ2v) is 8.67. The molecule has 0 atom stereocenters. The van der Waals surface area contributed by atoms with Crippen LogP contribution < -0.4 is 15.5 Å². The number of hydrogen-bond donors (Lipinski definition) is 2. The summed E-state index contributed by atoms with van der Waals surface area (Å²) in [6.07, 6.45) is 3.66. The number of thiophene rings is 1. The molecule has 3 aromatic rings. The molecule has 1 aromatic carbocycles. The summed E-state index contributed by atoms with van der Waals surface area (Å²) >= 11 is 1.71. The number of carbonyl (C=O) groups is 1. The van der Waals surface area contributed by atoms with Crippen molar-refractivity contribution in [1.29, 1.82) is 0 Å². The fraction of sp³-hybridized carbons (Fsp3) is 0.348. The fourth-order valence-electron chi connectivity index (χ4n) is 3.57. The van der Waals surface area contributed by atoms with Crippen LogP contribution in [-0.4, -0.2) is 29.0 Å². The third-order valence-electron chi connectivity index (χ3n) is 5.22. The molecular formula is C23H27N5OS. The number of hydrogen-bond acceptors (Lipinski definition) is 6. The Bertz CT molecular complexity index is 1010. The molecule has 0 saturated carbocycles. The summed E-state index contributed by atoms with van der Waals surface area (Å²) in [6, 6.07) is 11.8. The molecule has 0 unspecified atom stereocenters. The lowest BCUT2D eigenvalue weighted by atomic mass is 10.2. The number of rotatable bonds is 7. The molecule has 2 aromatic heterocycles. The van der Waals surface area contributed by atoms with Crippen molar-refractivity contribution in [3.63, 3.8) is 0 Å². The van der Waals surface area contributed by atoms with Crippen LogP contribution in [0.4, 0.5) is 23.1 Å². The van der Waals surface area contributed by atoms with Crippen LogP contribution in [0.1, 0.15) is 35.4 Å². The van der Waals surface area contributed by atoms with Crippen LogP contribution in [0.3, 0.4) is 0 Å². The SMILES string of the molecule is Cc1cc(Nc2ccc(NC(=O)CCc3sccc3C)cc2)nc(N2CCCC2)n1. The number of anilines is 4.